The van der Waals surface area contributed by atoms with Crippen LogP contribution in [-0.4, -0.2) is 54.3 Å². The standard InChI is InChI=1S/C13H22N2O2S/c1-4-9-18-10-6-14-12(16)15-7-8-17-13(3,5-2)11-15/h1H,5-11H2,2-3H3,(H,14,16)/t13-/m1/s1. The summed E-state index contributed by atoms with van der Waals surface area (Å²) in [7, 11) is 0. The number of terminal acetylenes is 1. The third-order valence-corrected chi connectivity index (χ3v) is 3.94. The van der Waals surface area contributed by atoms with E-state index in [0.29, 0.717) is 32.0 Å². The molecule has 1 saturated heterocycles. The number of carbonyl (C=O) groups is 1. The van der Waals surface area contributed by atoms with Crippen LogP contribution in [0.4, 0.5) is 4.79 Å². The van der Waals surface area contributed by atoms with E-state index in [0.717, 1.165) is 12.2 Å². The lowest BCUT2D eigenvalue weighted by molar-refractivity contribution is -0.0872. The van der Waals surface area contributed by atoms with Crippen molar-refractivity contribution in [1.82, 2.24) is 10.2 Å². The molecule has 1 rings (SSSR count). The van der Waals surface area contributed by atoms with Gasteiger partial charge in [0.2, 0.25) is 0 Å². The minimum atomic E-state index is -0.201. The summed E-state index contributed by atoms with van der Waals surface area (Å²) in [6, 6.07) is -0.000664. The first-order chi connectivity index (χ1) is 8.61. The van der Waals surface area contributed by atoms with E-state index in [1.54, 1.807) is 11.8 Å². The number of nitrogens with one attached hydrogen (secondary N) is 1. The van der Waals surface area contributed by atoms with E-state index >= 15 is 0 Å². The first-order valence-corrected chi connectivity index (χ1v) is 7.45. The number of hydrogen-bond acceptors (Lipinski definition) is 3. The van der Waals surface area contributed by atoms with E-state index in [1.807, 2.05) is 4.90 Å². The van der Waals surface area contributed by atoms with E-state index in [4.69, 9.17) is 11.2 Å². The molecule has 1 N–H and O–H groups in total. The Morgan fingerprint density at radius 3 is 3.11 bits per heavy atom. The molecule has 2 amide bonds. The van der Waals surface area contributed by atoms with E-state index < -0.39 is 0 Å². The Kier molecular flexibility index (Phi) is 6.37. The molecule has 1 aliphatic rings. The summed E-state index contributed by atoms with van der Waals surface area (Å²) in [6.07, 6.45) is 6.06. The van der Waals surface area contributed by atoms with Gasteiger partial charge in [0.1, 0.15) is 0 Å². The summed E-state index contributed by atoms with van der Waals surface area (Å²) < 4.78 is 5.70. The molecule has 0 saturated carbocycles. The lowest BCUT2D eigenvalue weighted by atomic mass is 10.0. The molecule has 0 aromatic heterocycles. The van der Waals surface area contributed by atoms with Gasteiger partial charge in [-0.2, -0.15) is 0 Å². The Balaban J connectivity index is 2.27. The molecule has 5 heteroatoms. The van der Waals surface area contributed by atoms with Crippen molar-refractivity contribution >= 4 is 17.8 Å². The van der Waals surface area contributed by atoms with Crippen LogP contribution >= 0.6 is 11.8 Å². The predicted molar refractivity (Wildman–Crippen MR) is 75.8 cm³/mol. The third kappa shape index (κ3) is 4.79. The molecule has 0 radical (unpaired) electrons. The number of ether oxygens (including phenoxy) is 1. The number of thioether (sulfide) groups is 1. The molecule has 1 atom stereocenters. The molecule has 0 spiro atoms. The Bertz CT molecular complexity index is 317. The van der Waals surface area contributed by atoms with Gasteiger partial charge in [-0.15, -0.1) is 18.2 Å². The summed E-state index contributed by atoms with van der Waals surface area (Å²) in [4.78, 5) is 13.8. The largest absolute Gasteiger partial charge is 0.372 e. The molecule has 1 fully saturated rings. The van der Waals surface area contributed by atoms with Crippen molar-refractivity contribution in [2.75, 3.05) is 37.7 Å². The molecule has 18 heavy (non-hydrogen) atoms. The maximum absolute atomic E-state index is 11.9. The SMILES string of the molecule is C#CCSCCNC(=O)N1CCO[C@](C)(CC)C1. The highest BCUT2D eigenvalue weighted by atomic mass is 32.2. The molecule has 102 valence electrons. The highest BCUT2D eigenvalue weighted by molar-refractivity contribution is 7.99. The number of amides is 2. The van der Waals surface area contributed by atoms with Gasteiger partial charge in [-0.3, -0.25) is 0 Å². The van der Waals surface area contributed by atoms with Crippen LogP contribution < -0.4 is 5.32 Å². The fourth-order valence-corrected chi connectivity index (χ4v) is 2.30. The zero-order valence-electron chi connectivity index (χ0n) is 11.2. The van der Waals surface area contributed by atoms with Crippen molar-refractivity contribution in [2.45, 2.75) is 25.9 Å². The quantitative estimate of drug-likeness (QED) is 0.609. The van der Waals surface area contributed by atoms with Crippen molar-refractivity contribution in [3.05, 3.63) is 0 Å². The van der Waals surface area contributed by atoms with Gasteiger partial charge in [-0.25, -0.2) is 4.79 Å². The lowest BCUT2D eigenvalue weighted by Gasteiger charge is -2.39. The highest BCUT2D eigenvalue weighted by Crippen LogP contribution is 2.20. The first-order valence-electron chi connectivity index (χ1n) is 6.29. The normalized spacial score (nSPS) is 23.5. The number of nitrogens with zero attached hydrogens (tertiary/aromatic N) is 1. The van der Waals surface area contributed by atoms with Crippen LogP contribution in [-0.2, 0) is 4.74 Å². The fraction of sp³-hybridized carbons (Fsp3) is 0.769. The van der Waals surface area contributed by atoms with Gasteiger partial charge in [-0.1, -0.05) is 12.8 Å². The third-order valence-electron chi connectivity index (χ3n) is 3.08. The monoisotopic (exact) mass is 270 g/mol. The smallest absolute Gasteiger partial charge is 0.317 e. The van der Waals surface area contributed by atoms with Gasteiger partial charge in [0.25, 0.3) is 0 Å². The zero-order chi connectivity index (χ0) is 13.4. The summed E-state index contributed by atoms with van der Waals surface area (Å²) >= 11 is 1.65. The predicted octanol–water partition coefficient (Wildman–Crippen LogP) is 1.56. The number of carbonyl (C=O) groups excluding carboxylic acids is 1. The highest BCUT2D eigenvalue weighted by Gasteiger charge is 2.32. The number of hydrogen-bond donors (Lipinski definition) is 1. The van der Waals surface area contributed by atoms with Crippen molar-refractivity contribution in [3.63, 3.8) is 0 Å². The topological polar surface area (TPSA) is 41.6 Å². The van der Waals surface area contributed by atoms with Gasteiger partial charge in [0, 0.05) is 18.8 Å². The van der Waals surface area contributed by atoms with Crippen LogP contribution in [0.1, 0.15) is 20.3 Å². The molecule has 0 bridgehead atoms. The molecule has 4 nitrogen and oxygen atoms in total. The average molecular weight is 270 g/mol. The maximum Gasteiger partial charge on any atom is 0.317 e. The minimum Gasteiger partial charge on any atom is -0.372 e. The Morgan fingerprint density at radius 2 is 2.44 bits per heavy atom. The fourth-order valence-electron chi connectivity index (χ4n) is 1.79. The second-order valence-electron chi connectivity index (χ2n) is 4.56. The Hall–Kier alpha value is -0.860. The molecular formula is C13H22N2O2S. The molecular weight excluding hydrogens is 248 g/mol. The first kappa shape index (κ1) is 15.2. The molecule has 1 aliphatic heterocycles. The summed E-state index contributed by atoms with van der Waals surface area (Å²) in [6.45, 7) is 6.73. The second-order valence-corrected chi connectivity index (χ2v) is 5.67. The van der Waals surface area contributed by atoms with Crippen molar-refractivity contribution in [3.8, 4) is 12.3 Å². The molecule has 0 aromatic rings. The summed E-state index contributed by atoms with van der Waals surface area (Å²) in [5.74, 6) is 4.11. The van der Waals surface area contributed by atoms with Crippen molar-refractivity contribution in [1.29, 1.82) is 0 Å². The van der Waals surface area contributed by atoms with Crippen LogP contribution in [0.15, 0.2) is 0 Å². The van der Waals surface area contributed by atoms with E-state index in [-0.39, 0.29) is 11.6 Å². The van der Waals surface area contributed by atoms with E-state index in [2.05, 4.69) is 25.1 Å². The van der Waals surface area contributed by atoms with Crippen LogP contribution in [0, 0.1) is 12.3 Å². The van der Waals surface area contributed by atoms with E-state index in [9.17, 15) is 4.79 Å². The van der Waals surface area contributed by atoms with Crippen molar-refractivity contribution in [2.24, 2.45) is 0 Å². The van der Waals surface area contributed by atoms with Gasteiger partial charge >= 0.3 is 6.03 Å². The van der Waals surface area contributed by atoms with Crippen LogP contribution in [0.5, 0.6) is 0 Å². The van der Waals surface area contributed by atoms with Crippen LogP contribution in [0.3, 0.4) is 0 Å². The molecule has 1 heterocycles. The van der Waals surface area contributed by atoms with E-state index in [1.165, 1.54) is 0 Å². The van der Waals surface area contributed by atoms with Crippen LogP contribution in [0.2, 0.25) is 0 Å². The number of rotatable bonds is 5. The average Bonchev–Trinajstić information content (AvgIpc) is 2.38. The lowest BCUT2D eigenvalue weighted by Crippen LogP contribution is -2.54. The zero-order valence-corrected chi connectivity index (χ0v) is 12.0. The van der Waals surface area contributed by atoms with Crippen LogP contribution in [0.25, 0.3) is 0 Å². The van der Waals surface area contributed by atoms with Gasteiger partial charge in [-0.05, 0) is 13.3 Å². The summed E-state index contributed by atoms with van der Waals surface area (Å²) in [5.41, 5.74) is -0.201. The Morgan fingerprint density at radius 1 is 1.67 bits per heavy atom. The van der Waals surface area contributed by atoms with Gasteiger partial charge in [0.05, 0.1) is 24.5 Å². The number of morpholine rings is 1. The minimum absolute atomic E-state index is 0.000664. The summed E-state index contributed by atoms with van der Waals surface area (Å²) in [5, 5.41) is 2.92. The number of urea groups is 1. The van der Waals surface area contributed by atoms with Gasteiger partial charge in [0.15, 0.2) is 0 Å². The van der Waals surface area contributed by atoms with Gasteiger partial charge < -0.3 is 15.0 Å². The molecule has 0 aliphatic carbocycles. The maximum atomic E-state index is 11.9. The Labute approximate surface area is 114 Å². The molecule has 0 aromatic carbocycles. The van der Waals surface area contributed by atoms with Crippen molar-refractivity contribution < 1.29 is 9.53 Å². The second kappa shape index (κ2) is 7.55. The molecule has 0 unspecified atom stereocenters.